The van der Waals surface area contributed by atoms with E-state index >= 15 is 0 Å². The monoisotopic (exact) mass is 312 g/mol. The van der Waals surface area contributed by atoms with Crippen LogP contribution in [0, 0.1) is 5.92 Å². The third-order valence-electron chi connectivity index (χ3n) is 3.87. The van der Waals surface area contributed by atoms with Gasteiger partial charge >= 0.3 is 6.09 Å². The fourth-order valence-electron chi connectivity index (χ4n) is 2.75. The molecule has 0 saturated carbocycles. The van der Waals surface area contributed by atoms with E-state index in [-0.39, 0.29) is 18.0 Å². The molecular weight excluding hydrogens is 280 g/mol. The molecule has 0 aromatic carbocycles. The zero-order chi connectivity index (χ0) is 16.8. The normalized spacial score (nSPS) is 18.0. The number of hydrogen-bond donors (Lipinski definition) is 1. The Morgan fingerprint density at radius 1 is 1.27 bits per heavy atom. The van der Waals surface area contributed by atoms with Crippen LogP contribution in [-0.4, -0.2) is 41.6 Å². The van der Waals surface area contributed by atoms with Gasteiger partial charge in [0.05, 0.1) is 0 Å². The van der Waals surface area contributed by atoms with E-state index in [1.54, 1.807) is 4.90 Å². The van der Waals surface area contributed by atoms with Gasteiger partial charge in [-0.25, -0.2) is 4.79 Å². The van der Waals surface area contributed by atoms with Crippen LogP contribution in [-0.2, 0) is 9.53 Å². The molecule has 0 aromatic heterocycles. The molecule has 1 fully saturated rings. The molecule has 0 unspecified atom stereocenters. The van der Waals surface area contributed by atoms with Crippen LogP contribution in [0.25, 0.3) is 0 Å². The summed E-state index contributed by atoms with van der Waals surface area (Å²) in [7, 11) is 0. The van der Waals surface area contributed by atoms with Crippen LogP contribution >= 0.6 is 0 Å². The summed E-state index contributed by atoms with van der Waals surface area (Å²) in [6, 6.07) is 0.249. The second kappa shape index (κ2) is 8.39. The van der Waals surface area contributed by atoms with E-state index < -0.39 is 5.60 Å². The Balaban J connectivity index is 2.30. The van der Waals surface area contributed by atoms with Crippen molar-refractivity contribution in [2.75, 3.05) is 13.1 Å². The third kappa shape index (κ3) is 7.14. The van der Waals surface area contributed by atoms with Gasteiger partial charge in [0.2, 0.25) is 5.91 Å². The van der Waals surface area contributed by atoms with Crippen LogP contribution in [0.4, 0.5) is 4.79 Å². The van der Waals surface area contributed by atoms with Crippen molar-refractivity contribution in [3.05, 3.63) is 0 Å². The zero-order valence-electron chi connectivity index (χ0n) is 14.8. The average molecular weight is 312 g/mol. The summed E-state index contributed by atoms with van der Waals surface area (Å²) in [5.41, 5.74) is -0.455. The highest BCUT2D eigenvalue weighted by molar-refractivity contribution is 5.76. The van der Waals surface area contributed by atoms with Gasteiger partial charge in [-0.15, -0.1) is 0 Å². The van der Waals surface area contributed by atoms with E-state index in [9.17, 15) is 9.59 Å². The maximum Gasteiger partial charge on any atom is 0.410 e. The summed E-state index contributed by atoms with van der Waals surface area (Å²) >= 11 is 0. The molecule has 2 amide bonds. The first-order valence-electron chi connectivity index (χ1n) is 8.48. The van der Waals surface area contributed by atoms with Crippen molar-refractivity contribution in [1.82, 2.24) is 10.2 Å². The van der Waals surface area contributed by atoms with Crippen LogP contribution in [0.2, 0.25) is 0 Å². The number of carbonyl (C=O) groups excluding carboxylic acids is 2. The lowest BCUT2D eigenvalue weighted by Gasteiger charge is -2.33. The van der Waals surface area contributed by atoms with Crippen molar-refractivity contribution in [2.45, 2.75) is 78.4 Å². The summed E-state index contributed by atoms with van der Waals surface area (Å²) in [5.74, 6) is 0.504. The summed E-state index contributed by atoms with van der Waals surface area (Å²) in [5, 5.41) is 3.05. The molecule has 22 heavy (non-hydrogen) atoms. The van der Waals surface area contributed by atoms with E-state index in [1.807, 2.05) is 27.7 Å². The number of rotatable bonds is 5. The highest BCUT2D eigenvalue weighted by Crippen LogP contribution is 2.22. The number of carbonyl (C=O) groups is 2. The molecule has 0 spiro atoms. The number of amides is 2. The van der Waals surface area contributed by atoms with Crippen LogP contribution in [0.1, 0.15) is 66.7 Å². The summed E-state index contributed by atoms with van der Waals surface area (Å²) < 4.78 is 5.38. The first kappa shape index (κ1) is 18.8. The average Bonchev–Trinajstić information content (AvgIpc) is 2.37. The van der Waals surface area contributed by atoms with Gasteiger partial charge in [0.1, 0.15) is 5.60 Å². The maximum absolute atomic E-state index is 12.0. The summed E-state index contributed by atoms with van der Waals surface area (Å²) in [6.45, 7) is 11.1. The van der Waals surface area contributed by atoms with E-state index in [0.717, 1.165) is 25.7 Å². The Morgan fingerprint density at radius 2 is 1.86 bits per heavy atom. The summed E-state index contributed by atoms with van der Waals surface area (Å²) in [6.07, 6.45) is 4.16. The van der Waals surface area contributed by atoms with Crippen molar-refractivity contribution < 1.29 is 14.3 Å². The lowest BCUT2D eigenvalue weighted by molar-refractivity contribution is -0.122. The van der Waals surface area contributed by atoms with E-state index in [2.05, 4.69) is 12.2 Å². The van der Waals surface area contributed by atoms with Gasteiger partial charge in [-0.1, -0.05) is 13.3 Å². The smallest absolute Gasteiger partial charge is 0.410 e. The van der Waals surface area contributed by atoms with Gasteiger partial charge in [0, 0.05) is 25.6 Å². The van der Waals surface area contributed by atoms with Crippen molar-refractivity contribution >= 4 is 12.0 Å². The molecular formula is C17H32N2O3. The second-order valence-electron chi connectivity index (χ2n) is 7.37. The lowest BCUT2D eigenvalue weighted by Crippen LogP contribution is -2.42. The van der Waals surface area contributed by atoms with E-state index in [0.29, 0.717) is 25.4 Å². The van der Waals surface area contributed by atoms with Crippen molar-refractivity contribution in [1.29, 1.82) is 0 Å². The number of likely N-dealkylation sites (tertiary alicyclic amines) is 1. The number of hydrogen-bond acceptors (Lipinski definition) is 3. The van der Waals surface area contributed by atoms with Crippen molar-refractivity contribution in [3.63, 3.8) is 0 Å². The Morgan fingerprint density at radius 3 is 2.36 bits per heavy atom. The predicted molar refractivity (Wildman–Crippen MR) is 87.7 cm³/mol. The molecule has 0 aliphatic carbocycles. The predicted octanol–water partition coefficient (Wildman–Crippen LogP) is 3.33. The van der Waals surface area contributed by atoms with Gasteiger partial charge in [-0.05, 0) is 52.9 Å². The fourth-order valence-corrected chi connectivity index (χ4v) is 2.75. The number of ether oxygens (including phenoxy) is 1. The molecule has 1 rings (SSSR count). The molecule has 1 atom stereocenters. The zero-order valence-corrected chi connectivity index (χ0v) is 14.8. The quantitative estimate of drug-likeness (QED) is 0.847. The summed E-state index contributed by atoms with van der Waals surface area (Å²) in [4.78, 5) is 25.7. The largest absolute Gasteiger partial charge is 0.444 e. The van der Waals surface area contributed by atoms with Gasteiger partial charge in [0.25, 0.3) is 0 Å². The molecule has 1 heterocycles. The first-order chi connectivity index (χ1) is 10.2. The molecule has 1 aliphatic heterocycles. The molecule has 0 bridgehead atoms. The second-order valence-corrected chi connectivity index (χ2v) is 7.37. The Kier molecular flexibility index (Phi) is 7.17. The van der Waals surface area contributed by atoms with Crippen LogP contribution in [0.3, 0.4) is 0 Å². The molecule has 1 aliphatic rings. The van der Waals surface area contributed by atoms with E-state index in [1.165, 1.54) is 0 Å². The minimum Gasteiger partial charge on any atom is -0.444 e. The maximum atomic E-state index is 12.0. The van der Waals surface area contributed by atoms with Crippen molar-refractivity contribution in [3.8, 4) is 0 Å². The van der Waals surface area contributed by atoms with Gasteiger partial charge in [-0.3, -0.25) is 4.79 Å². The van der Waals surface area contributed by atoms with Gasteiger partial charge in [0.15, 0.2) is 0 Å². The number of nitrogens with zero attached hydrogens (tertiary/aromatic N) is 1. The van der Waals surface area contributed by atoms with Crippen LogP contribution in [0.5, 0.6) is 0 Å². The molecule has 0 radical (unpaired) electrons. The Hall–Kier alpha value is -1.26. The molecule has 5 nitrogen and oxygen atoms in total. The molecule has 0 aromatic rings. The standard InChI is InChI=1S/C17H32N2O3/c1-6-7-13(2)18-15(20)12-14-8-10-19(11-9-14)16(21)22-17(3,4)5/h13-14H,6-12H2,1-5H3,(H,18,20)/t13-/m0/s1. The number of nitrogens with one attached hydrogen (secondary N) is 1. The van der Waals surface area contributed by atoms with E-state index in [4.69, 9.17) is 4.74 Å². The lowest BCUT2D eigenvalue weighted by atomic mass is 9.93. The topological polar surface area (TPSA) is 58.6 Å². The molecule has 5 heteroatoms. The minimum absolute atomic E-state index is 0.136. The Bertz CT molecular complexity index is 369. The number of piperidine rings is 1. The molecule has 1 saturated heterocycles. The highest BCUT2D eigenvalue weighted by atomic mass is 16.6. The molecule has 1 N–H and O–H groups in total. The molecule has 128 valence electrons. The Labute approximate surface area is 134 Å². The van der Waals surface area contributed by atoms with Crippen molar-refractivity contribution in [2.24, 2.45) is 5.92 Å². The van der Waals surface area contributed by atoms with Gasteiger partial charge in [-0.2, -0.15) is 0 Å². The SMILES string of the molecule is CCC[C@H](C)NC(=O)CC1CCN(C(=O)OC(C)(C)C)CC1. The third-order valence-corrected chi connectivity index (χ3v) is 3.87. The minimum atomic E-state index is -0.455. The van der Waals surface area contributed by atoms with Crippen LogP contribution < -0.4 is 5.32 Å². The van der Waals surface area contributed by atoms with Gasteiger partial charge < -0.3 is 15.0 Å². The van der Waals surface area contributed by atoms with Crippen LogP contribution in [0.15, 0.2) is 0 Å². The fraction of sp³-hybridized carbons (Fsp3) is 0.882. The first-order valence-corrected chi connectivity index (χ1v) is 8.48. The highest BCUT2D eigenvalue weighted by Gasteiger charge is 2.27.